The molecule has 0 saturated heterocycles. The van der Waals surface area contributed by atoms with Crippen LogP contribution in [0.2, 0.25) is 5.15 Å². The Labute approximate surface area is 155 Å². The molecule has 7 heteroatoms. The number of hydrogen-bond acceptors (Lipinski definition) is 5. The summed E-state index contributed by atoms with van der Waals surface area (Å²) in [5, 5.41) is 11.2. The number of amides is 1. The van der Waals surface area contributed by atoms with Gasteiger partial charge in [-0.15, -0.1) is 0 Å². The lowest BCUT2D eigenvalue weighted by atomic mass is 10.3. The number of pyridine rings is 1. The Bertz CT molecular complexity index is 899. The summed E-state index contributed by atoms with van der Waals surface area (Å²) in [7, 11) is 0. The lowest BCUT2D eigenvalue weighted by molar-refractivity contribution is -0.118. The van der Waals surface area contributed by atoms with Crippen molar-refractivity contribution in [2.45, 2.75) is 0 Å². The van der Waals surface area contributed by atoms with Crippen LogP contribution in [0.1, 0.15) is 0 Å². The van der Waals surface area contributed by atoms with E-state index >= 15 is 0 Å². The summed E-state index contributed by atoms with van der Waals surface area (Å²) in [5.74, 6) is 0.0598. The van der Waals surface area contributed by atoms with Crippen molar-refractivity contribution in [1.29, 1.82) is 0 Å². The molecule has 2 aromatic carbocycles. The maximum absolute atomic E-state index is 12.0. The lowest BCUT2D eigenvalue weighted by Crippen LogP contribution is -2.20. The summed E-state index contributed by atoms with van der Waals surface area (Å²) < 4.78 is 5.34. The number of hydrogen-bond donors (Lipinski definition) is 1. The van der Waals surface area contributed by atoms with Gasteiger partial charge in [-0.1, -0.05) is 29.8 Å². The van der Waals surface area contributed by atoms with Crippen molar-refractivity contribution in [3.63, 3.8) is 0 Å². The standard InChI is InChI=1S/C19H15ClN4O2/c20-19-17(7-4-12-21-19)26-13-18(25)22-14-8-10-16(11-9-14)24-23-15-5-2-1-3-6-15/h1-12H,13H2,(H,22,25). The summed E-state index contributed by atoms with van der Waals surface area (Å²) >= 11 is 5.87. The van der Waals surface area contributed by atoms with Crippen LogP contribution in [0.3, 0.4) is 0 Å². The van der Waals surface area contributed by atoms with Crippen LogP contribution >= 0.6 is 11.6 Å². The number of benzene rings is 2. The maximum Gasteiger partial charge on any atom is 0.262 e. The van der Waals surface area contributed by atoms with E-state index in [-0.39, 0.29) is 17.7 Å². The topological polar surface area (TPSA) is 75.9 Å². The molecule has 0 spiro atoms. The Balaban J connectivity index is 1.53. The molecule has 0 bridgehead atoms. The second-order valence-electron chi connectivity index (χ2n) is 5.21. The number of halogens is 1. The molecule has 0 aliphatic carbocycles. The first-order chi connectivity index (χ1) is 12.7. The summed E-state index contributed by atoms with van der Waals surface area (Å²) in [6.07, 6.45) is 1.55. The molecule has 1 N–H and O–H groups in total. The van der Waals surface area contributed by atoms with Crippen LogP contribution < -0.4 is 10.1 Å². The first kappa shape index (κ1) is 17.6. The number of aromatic nitrogens is 1. The van der Waals surface area contributed by atoms with Gasteiger partial charge >= 0.3 is 0 Å². The fraction of sp³-hybridized carbons (Fsp3) is 0.0526. The zero-order chi connectivity index (χ0) is 18.2. The molecule has 1 amide bonds. The van der Waals surface area contributed by atoms with Gasteiger partial charge in [0.25, 0.3) is 5.91 Å². The molecule has 0 aliphatic heterocycles. The molecule has 0 unspecified atom stereocenters. The zero-order valence-electron chi connectivity index (χ0n) is 13.7. The average Bonchev–Trinajstić information content (AvgIpc) is 2.68. The van der Waals surface area contributed by atoms with E-state index in [1.807, 2.05) is 30.3 Å². The minimum atomic E-state index is -0.302. The first-order valence-electron chi connectivity index (χ1n) is 7.81. The van der Waals surface area contributed by atoms with Crippen molar-refractivity contribution >= 4 is 34.6 Å². The van der Waals surface area contributed by atoms with Gasteiger partial charge in [0.05, 0.1) is 11.4 Å². The third-order valence-electron chi connectivity index (χ3n) is 3.27. The Hall–Kier alpha value is -3.25. The van der Waals surface area contributed by atoms with Gasteiger partial charge in [-0.25, -0.2) is 4.98 Å². The maximum atomic E-state index is 12.0. The SMILES string of the molecule is O=C(COc1cccnc1Cl)Nc1ccc(N=Nc2ccccc2)cc1. The summed E-state index contributed by atoms with van der Waals surface area (Å²) in [6, 6.07) is 19.8. The fourth-order valence-electron chi connectivity index (χ4n) is 2.04. The van der Waals surface area contributed by atoms with Crippen molar-refractivity contribution in [3.05, 3.63) is 78.1 Å². The quantitative estimate of drug-likeness (QED) is 0.483. The highest BCUT2D eigenvalue weighted by Crippen LogP contribution is 2.21. The van der Waals surface area contributed by atoms with Crippen molar-refractivity contribution < 1.29 is 9.53 Å². The van der Waals surface area contributed by atoms with E-state index in [2.05, 4.69) is 20.5 Å². The number of azo groups is 1. The molecule has 26 heavy (non-hydrogen) atoms. The molecular weight excluding hydrogens is 352 g/mol. The molecule has 0 fully saturated rings. The van der Waals surface area contributed by atoms with Crippen molar-refractivity contribution in [2.75, 3.05) is 11.9 Å². The minimum absolute atomic E-state index is 0.166. The average molecular weight is 367 g/mol. The molecule has 0 radical (unpaired) electrons. The van der Waals surface area contributed by atoms with E-state index in [1.54, 1.807) is 42.6 Å². The Morgan fingerprint density at radius 3 is 2.35 bits per heavy atom. The van der Waals surface area contributed by atoms with E-state index in [9.17, 15) is 4.79 Å². The number of carbonyl (C=O) groups excluding carboxylic acids is 1. The molecule has 6 nitrogen and oxygen atoms in total. The van der Waals surface area contributed by atoms with E-state index in [0.29, 0.717) is 17.1 Å². The van der Waals surface area contributed by atoms with Gasteiger partial charge in [0.1, 0.15) is 0 Å². The lowest BCUT2D eigenvalue weighted by Gasteiger charge is -2.08. The highest BCUT2D eigenvalue weighted by atomic mass is 35.5. The molecule has 0 atom stereocenters. The van der Waals surface area contributed by atoms with Crippen molar-refractivity contribution in [2.24, 2.45) is 10.2 Å². The van der Waals surface area contributed by atoms with Gasteiger partial charge in [0.15, 0.2) is 17.5 Å². The van der Waals surface area contributed by atoms with E-state index in [4.69, 9.17) is 16.3 Å². The molecule has 0 aliphatic rings. The van der Waals surface area contributed by atoms with E-state index in [0.717, 1.165) is 5.69 Å². The van der Waals surface area contributed by atoms with E-state index < -0.39 is 0 Å². The zero-order valence-corrected chi connectivity index (χ0v) is 14.4. The molecule has 3 rings (SSSR count). The number of nitrogens with one attached hydrogen (secondary N) is 1. The van der Waals surface area contributed by atoms with Crippen LogP contribution in [-0.4, -0.2) is 17.5 Å². The summed E-state index contributed by atoms with van der Waals surface area (Å²) in [4.78, 5) is 15.8. The van der Waals surface area contributed by atoms with Crippen molar-refractivity contribution in [3.8, 4) is 5.75 Å². The number of carbonyl (C=O) groups is 1. The molecule has 1 heterocycles. The van der Waals surface area contributed by atoms with Crippen LogP contribution in [0.15, 0.2) is 83.2 Å². The normalized spacial score (nSPS) is 10.7. The van der Waals surface area contributed by atoms with Crippen LogP contribution in [0.25, 0.3) is 0 Å². The summed E-state index contributed by atoms with van der Waals surface area (Å²) in [5.41, 5.74) is 2.09. The Morgan fingerprint density at radius 1 is 0.962 bits per heavy atom. The third kappa shape index (κ3) is 5.12. The van der Waals surface area contributed by atoms with Gasteiger partial charge < -0.3 is 10.1 Å². The Morgan fingerprint density at radius 2 is 1.65 bits per heavy atom. The van der Waals surface area contributed by atoms with Crippen LogP contribution in [0.5, 0.6) is 5.75 Å². The van der Waals surface area contributed by atoms with Gasteiger partial charge in [0.2, 0.25) is 0 Å². The minimum Gasteiger partial charge on any atom is -0.481 e. The molecule has 130 valence electrons. The van der Waals surface area contributed by atoms with Gasteiger partial charge in [0, 0.05) is 11.9 Å². The third-order valence-corrected chi connectivity index (χ3v) is 3.56. The molecule has 0 saturated carbocycles. The number of nitrogens with zero attached hydrogens (tertiary/aromatic N) is 3. The largest absolute Gasteiger partial charge is 0.481 e. The van der Waals surface area contributed by atoms with Gasteiger partial charge in [-0.3, -0.25) is 4.79 Å². The predicted molar refractivity (Wildman–Crippen MR) is 100 cm³/mol. The number of anilines is 1. The molecule has 1 aromatic heterocycles. The monoisotopic (exact) mass is 366 g/mol. The number of ether oxygens (including phenoxy) is 1. The van der Waals surface area contributed by atoms with E-state index in [1.165, 1.54) is 0 Å². The Kier molecular flexibility index (Phi) is 5.90. The highest BCUT2D eigenvalue weighted by Gasteiger charge is 2.06. The second kappa shape index (κ2) is 8.73. The van der Waals surface area contributed by atoms with Crippen LogP contribution in [0.4, 0.5) is 17.1 Å². The number of rotatable bonds is 6. The fourth-order valence-corrected chi connectivity index (χ4v) is 2.21. The smallest absolute Gasteiger partial charge is 0.262 e. The van der Waals surface area contributed by atoms with Crippen molar-refractivity contribution in [1.82, 2.24) is 4.98 Å². The first-order valence-corrected chi connectivity index (χ1v) is 8.18. The molecule has 3 aromatic rings. The van der Waals surface area contributed by atoms with Crippen LogP contribution in [-0.2, 0) is 4.79 Å². The summed E-state index contributed by atoms with van der Waals surface area (Å²) in [6.45, 7) is -0.166. The predicted octanol–water partition coefficient (Wildman–Crippen LogP) is 5.17. The highest BCUT2D eigenvalue weighted by molar-refractivity contribution is 6.30. The molecular formula is C19H15ClN4O2. The van der Waals surface area contributed by atoms with Gasteiger partial charge in [-0.05, 0) is 48.5 Å². The van der Waals surface area contributed by atoms with Crippen LogP contribution in [0, 0.1) is 0 Å². The second-order valence-corrected chi connectivity index (χ2v) is 5.57. The van der Waals surface area contributed by atoms with Gasteiger partial charge in [-0.2, -0.15) is 10.2 Å².